The van der Waals surface area contributed by atoms with Crippen LogP contribution in [-0.2, 0) is 32.3 Å². The molecule has 1 aliphatic carbocycles. The molecule has 1 aliphatic rings. The molecule has 3 aromatic rings. The van der Waals surface area contributed by atoms with E-state index in [0.717, 1.165) is 6.42 Å². The van der Waals surface area contributed by atoms with Crippen molar-refractivity contribution in [2.75, 3.05) is 0 Å². The monoisotopic (exact) mass is 606 g/mol. The van der Waals surface area contributed by atoms with Crippen LogP contribution in [0.4, 0.5) is 0 Å². The molecule has 0 radical (unpaired) electrons. The second-order valence-electron chi connectivity index (χ2n) is 8.35. The Morgan fingerprint density at radius 1 is 0.833 bits per heavy atom. The third-order valence-electron chi connectivity index (χ3n) is 5.22. The molecule has 0 bridgehead atoms. The number of rotatable bonds is 2. The van der Waals surface area contributed by atoms with Crippen LogP contribution in [0.1, 0.15) is 49.9 Å². The minimum atomic E-state index is -0.556. The molecule has 160 valence electrons. The number of hydrogen-bond donors (Lipinski definition) is 0. The normalized spacial score (nSPS) is 11.5. The zero-order valence-corrected chi connectivity index (χ0v) is 24.0. The van der Waals surface area contributed by atoms with E-state index in [-0.39, 0.29) is 25.8 Å². The Labute approximate surface area is 212 Å². The Morgan fingerprint density at radius 2 is 1.37 bits per heavy atom. The first kappa shape index (κ1) is 27.3. The molecule has 0 saturated heterocycles. The second-order valence-corrected chi connectivity index (χ2v) is 9.79. The van der Waals surface area contributed by atoms with Gasteiger partial charge in [-0.1, -0.05) is 76.9 Å². The third kappa shape index (κ3) is 7.43. The van der Waals surface area contributed by atoms with Gasteiger partial charge in [0.25, 0.3) is 0 Å². The standard InChI is InChI=1S/C13H9.C7H14Cl2.C7H9.Hf/c1-3-7-12-10(5-1)9-11-6-2-4-8-13(11)12;1-5(2)7(8,9)6(3)4;1-6-3-4-7(2)5-6;/h1-5,7-8H,9H2;5-6H,1-4H3;3-5H,1-2H3;/q-1;;-1;. The molecule has 0 saturated carbocycles. The van der Waals surface area contributed by atoms with Crippen LogP contribution in [0.3, 0.4) is 0 Å². The molecule has 3 aromatic carbocycles. The zero-order valence-electron chi connectivity index (χ0n) is 18.9. The molecule has 0 unspecified atom stereocenters. The molecule has 0 heterocycles. The number of fused-ring (bicyclic) bond motifs is 3. The van der Waals surface area contributed by atoms with Gasteiger partial charge in [0.1, 0.15) is 4.33 Å². The van der Waals surface area contributed by atoms with E-state index in [2.05, 4.69) is 74.5 Å². The van der Waals surface area contributed by atoms with Gasteiger partial charge >= 0.3 is 0 Å². The summed E-state index contributed by atoms with van der Waals surface area (Å²) in [6, 6.07) is 24.5. The minimum Gasteiger partial charge on any atom is -0.211 e. The molecule has 4 rings (SSSR count). The summed E-state index contributed by atoms with van der Waals surface area (Å²) in [5.74, 6) is 0.640. The number of aryl methyl sites for hydroxylation is 2. The Morgan fingerprint density at radius 3 is 1.83 bits per heavy atom. The molecule has 0 aliphatic heterocycles. The van der Waals surface area contributed by atoms with Crippen molar-refractivity contribution in [1.29, 1.82) is 0 Å². The Hall–Kier alpha value is -0.760. The summed E-state index contributed by atoms with van der Waals surface area (Å²) < 4.78 is -0.556. The van der Waals surface area contributed by atoms with Crippen LogP contribution in [0.5, 0.6) is 0 Å². The second kappa shape index (κ2) is 12.3. The Bertz CT molecular complexity index is 836. The predicted octanol–water partition coefficient (Wildman–Crippen LogP) is 8.55. The number of alkyl halides is 2. The molecular weight excluding hydrogens is 574 g/mol. The van der Waals surface area contributed by atoms with E-state index in [0.29, 0.717) is 11.8 Å². The van der Waals surface area contributed by atoms with Crippen LogP contribution in [-0.4, -0.2) is 4.33 Å². The zero-order chi connectivity index (χ0) is 21.6. The van der Waals surface area contributed by atoms with Crippen molar-refractivity contribution in [2.24, 2.45) is 11.8 Å². The van der Waals surface area contributed by atoms with Crippen molar-refractivity contribution in [3.8, 4) is 11.1 Å². The molecule has 0 N–H and O–H groups in total. The number of hydrogen-bond acceptors (Lipinski definition) is 0. The van der Waals surface area contributed by atoms with Gasteiger partial charge in [0.15, 0.2) is 0 Å². The van der Waals surface area contributed by atoms with Gasteiger partial charge in [0, 0.05) is 25.8 Å². The molecule has 30 heavy (non-hydrogen) atoms. The van der Waals surface area contributed by atoms with E-state index < -0.39 is 4.33 Å². The molecule has 0 spiro atoms. The maximum atomic E-state index is 5.97. The van der Waals surface area contributed by atoms with Gasteiger partial charge in [-0.15, -0.1) is 28.8 Å². The fourth-order valence-corrected chi connectivity index (χ4v) is 3.38. The summed E-state index contributed by atoms with van der Waals surface area (Å²) in [5, 5.41) is 0. The van der Waals surface area contributed by atoms with Crippen LogP contribution >= 0.6 is 23.2 Å². The molecule has 0 aromatic heterocycles. The first-order valence-electron chi connectivity index (χ1n) is 10.3. The van der Waals surface area contributed by atoms with Gasteiger partial charge in [-0.2, -0.15) is 47.0 Å². The first-order chi connectivity index (χ1) is 13.6. The van der Waals surface area contributed by atoms with Gasteiger partial charge < -0.3 is 0 Å². The summed E-state index contributed by atoms with van der Waals surface area (Å²) in [7, 11) is 0. The van der Waals surface area contributed by atoms with Gasteiger partial charge in [0.05, 0.1) is 0 Å². The average molecular weight is 606 g/mol. The quantitative estimate of drug-likeness (QED) is 0.122. The molecule has 0 amide bonds. The van der Waals surface area contributed by atoms with Gasteiger partial charge in [-0.05, 0) is 18.3 Å². The van der Waals surface area contributed by atoms with E-state index in [1.807, 2.05) is 33.8 Å². The average Bonchev–Trinajstić information content (AvgIpc) is 3.24. The number of benzene rings is 2. The Balaban J connectivity index is 0.000000235. The molecule has 3 heteroatoms. The van der Waals surface area contributed by atoms with Crippen molar-refractivity contribution < 1.29 is 25.8 Å². The van der Waals surface area contributed by atoms with Crippen molar-refractivity contribution in [1.82, 2.24) is 0 Å². The van der Waals surface area contributed by atoms with Crippen LogP contribution in [0, 0.1) is 31.7 Å². The smallest absolute Gasteiger partial charge is 0.122 e. The van der Waals surface area contributed by atoms with E-state index in [9.17, 15) is 0 Å². The largest absolute Gasteiger partial charge is 0.211 e. The topological polar surface area (TPSA) is 0 Å². The van der Waals surface area contributed by atoms with Crippen molar-refractivity contribution in [2.45, 2.75) is 52.3 Å². The van der Waals surface area contributed by atoms with E-state index in [4.69, 9.17) is 23.2 Å². The molecule has 0 nitrogen and oxygen atoms in total. The molecule has 0 atom stereocenters. The van der Waals surface area contributed by atoms with Gasteiger partial charge in [-0.25, -0.2) is 12.1 Å². The molecular formula is C27H32Cl2Hf-2. The van der Waals surface area contributed by atoms with E-state index in [1.54, 1.807) is 0 Å². The summed E-state index contributed by atoms with van der Waals surface area (Å²) in [4.78, 5) is 0. The summed E-state index contributed by atoms with van der Waals surface area (Å²) in [5.41, 5.74) is 8.23. The number of halogens is 2. The summed E-state index contributed by atoms with van der Waals surface area (Å²) in [6.45, 7) is 12.3. The van der Waals surface area contributed by atoms with Crippen LogP contribution in [0.2, 0.25) is 0 Å². The van der Waals surface area contributed by atoms with Crippen molar-refractivity contribution in [3.05, 3.63) is 89.0 Å². The minimum absolute atomic E-state index is 0. The first-order valence-corrected chi connectivity index (χ1v) is 11.0. The fourth-order valence-electron chi connectivity index (χ4n) is 3.38. The fraction of sp³-hybridized carbons (Fsp3) is 0.370. The van der Waals surface area contributed by atoms with Crippen LogP contribution in [0.15, 0.2) is 60.7 Å². The van der Waals surface area contributed by atoms with Gasteiger partial charge in [0.2, 0.25) is 0 Å². The van der Waals surface area contributed by atoms with Gasteiger partial charge in [-0.3, -0.25) is 0 Å². The van der Waals surface area contributed by atoms with E-state index in [1.165, 1.54) is 33.4 Å². The summed E-state index contributed by atoms with van der Waals surface area (Å²) >= 11 is 11.9. The third-order valence-corrected chi connectivity index (χ3v) is 6.97. The maximum absolute atomic E-state index is 5.97. The van der Waals surface area contributed by atoms with Crippen LogP contribution in [0.25, 0.3) is 11.1 Å². The van der Waals surface area contributed by atoms with Crippen LogP contribution < -0.4 is 0 Å². The maximum Gasteiger partial charge on any atom is 0.122 e. The van der Waals surface area contributed by atoms with Crippen molar-refractivity contribution in [3.63, 3.8) is 0 Å². The van der Waals surface area contributed by atoms with Crippen molar-refractivity contribution >= 4 is 23.2 Å². The van der Waals surface area contributed by atoms with E-state index >= 15 is 0 Å². The Kier molecular flexibility index (Phi) is 11.2. The SMILES string of the molecule is CC(C)C(Cl)(Cl)C(C)C.Cc1ccc(C)[cH-]1.[Hf].[c-]1cccc2c1Cc1ccccc1-2. The summed E-state index contributed by atoms with van der Waals surface area (Å²) in [6.07, 6.45) is 1.05. The predicted molar refractivity (Wildman–Crippen MR) is 129 cm³/mol. The molecule has 0 fully saturated rings.